The van der Waals surface area contributed by atoms with Crippen LogP contribution < -0.4 is 10.6 Å². The van der Waals surface area contributed by atoms with E-state index >= 15 is 0 Å². The Morgan fingerprint density at radius 2 is 1.62 bits per heavy atom. The molecule has 0 bridgehead atoms. The van der Waals surface area contributed by atoms with Gasteiger partial charge in [0.15, 0.2) is 0 Å². The molecule has 0 saturated carbocycles. The zero-order chi connectivity index (χ0) is 16.3. The lowest BCUT2D eigenvalue weighted by atomic mass is 10.1. The van der Waals surface area contributed by atoms with Gasteiger partial charge in [0.1, 0.15) is 6.04 Å². The summed E-state index contributed by atoms with van der Waals surface area (Å²) >= 11 is 0. The predicted octanol–water partition coefficient (Wildman–Crippen LogP) is 1.96. The number of rotatable bonds is 11. The molecule has 2 atom stereocenters. The van der Waals surface area contributed by atoms with Gasteiger partial charge in [0, 0.05) is 12.5 Å². The van der Waals surface area contributed by atoms with Crippen LogP contribution in [-0.2, 0) is 9.59 Å². The first-order valence-electron chi connectivity index (χ1n) is 7.42. The number of nitrogens with one attached hydrogen (secondary N) is 2. The van der Waals surface area contributed by atoms with E-state index in [0.717, 1.165) is 32.1 Å². The minimum atomic E-state index is -1.23. The van der Waals surface area contributed by atoms with E-state index in [2.05, 4.69) is 17.6 Å². The maximum atomic E-state index is 11.8. The lowest BCUT2D eigenvalue weighted by Crippen LogP contribution is -2.49. The van der Waals surface area contributed by atoms with Gasteiger partial charge in [-0.05, 0) is 19.3 Å². The molecule has 0 aromatic carbocycles. The van der Waals surface area contributed by atoms with Gasteiger partial charge in [-0.3, -0.25) is 4.79 Å². The summed E-state index contributed by atoms with van der Waals surface area (Å²) in [7, 11) is 0. The molecule has 0 aromatic heterocycles. The molecule has 7 nitrogen and oxygen atoms in total. The molecule has 0 saturated heterocycles. The number of urea groups is 1. The van der Waals surface area contributed by atoms with Crippen LogP contribution in [0.15, 0.2) is 0 Å². The molecule has 0 rings (SSSR count). The highest BCUT2D eigenvalue weighted by Crippen LogP contribution is 2.07. The second-order valence-corrected chi connectivity index (χ2v) is 5.07. The summed E-state index contributed by atoms with van der Waals surface area (Å²) in [5, 5.41) is 22.6. The van der Waals surface area contributed by atoms with Gasteiger partial charge >= 0.3 is 18.0 Å². The fraction of sp³-hybridized carbons (Fsp3) is 0.786. The molecule has 0 spiro atoms. The van der Waals surface area contributed by atoms with Crippen molar-refractivity contribution >= 4 is 18.0 Å². The topological polar surface area (TPSA) is 116 Å². The molecule has 0 aliphatic carbocycles. The normalized spacial score (nSPS) is 13.2. The average Bonchev–Trinajstić information content (AvgIpc) is 2.40. The standard InChI is InChI=1S/C14H26N2O5/c1-3-5-7-10(6-4-2)15-14(21)16-11(13(19)20)8-9-12(17)18/h10-11H,3-9H2,1-2H3,(H,17,18)(H,19,20)(H2,15,16,21)/t10?,11-/m0/s1. The van der Waals surface area contributed by atoms with E-state index in [1.54, 1.807) is 0 Å². The van der Waals surface area contributed by atoms with Crippen LogP contribution >= 0.6 is 0 Å². The molecule has 0 aliphatic rings. The first-order valence-corrected chi connectivity index (χ1v) is 7.42. The molecule has 0 aliphatic heterocycles. The second kappa shape index (κ2) is 10.9. The van der Waals surface area contributed by atoms with Crippen molar-refractivity contribution in [3.63, 3.8) is 0 Å². The Balaban J connectivity index is 4.37. The van der Waals surface area contributed by atoms with Gasteiger partial charge in [0.2, 0.25) is 0 Å². The summed E-state index contributed by atoms with van der Waals surface area (Å²) in [5.41, 5.74) is 0. The molecule has 122 valence electrons. The SMILES string of the molecule is CCCCC(CCC)NC(=O)N[C@@H](CCC(=O)O)C(=O)O. The van der Waals surface area contributed by atoms with Crippen LogP contribution in [0, 0.1) is 0 Å². The van der Waals surface area contributed by atoms with Crippen LogP contribution in [0.5, 0.6) is 0 Å². The summed E-state index contributed by atoms with van der Waals surface area (Å²) in [6, 6.07) is -1.72. The van der Waals surface area contributed by atoms with Crippen LogP contribution in [0.25, 0.3) is 0 Å². The van der Waals surface area contributed by atoms with E-state index in [1.807, 2.05) is 6.92 Å². The Kier molecular flexibility index (Phi) is 10.0. The number of unbranched alkanes of at least 4 members (excludes halogenated alkanes) is 1. The Bertz CT molecular complexity index is 346. The molecule has 21 heavy (non-hydrogen) atoms. The van der Waals surface area contributed by atoms with Gasteiger partial charge in [-0.2, -0.15) is 0 Å². The number of hydrogen-bond donors (Lipinski definition) is 4. The number of aliphatic carboxylic acids is 2. The largest absolute Gasteiger partial charge is 0.481 e. The number of hydrogen-bond acceptors (Lipinski definition) is 3. The molecule has 4 N–H and O–H groups in total. The van der Waals surface area contributed by atoms with Gasteiger partial charge in [0.25, 0.3) is 0 Å². The Morgan fingerprint density at radius 3 is 2.10 bits per heavy atom. The van der Waals surface area contributed by atoms with E-state index in [1.165, 1.54) is 0 Å². The van der Waals surface area contributed by atoms with Crippen molar-refractivity contribution < 1.29 is 24.6 Å². The maximum Gasteiger partial charge on any atom is 0.326 e. The Labute approximate surface area is 125 Å². The van der Waals surface area contributed by atoms with Crippen molar-refractivity contribution in [3.05, 3.63) is 0 Å². The van der Waals surface area contributed by atoms with Crippen molar-refractivity contribution in [2.75, 3.05) is 0 Å². The van der Waals surface area contributed by atoms with E-state index in [4.69, 9.17) is 10.2 Å². The minimum Gasteiger partial charge on any atom is -0.481 e. The van der Waals surface area contributed by atoms with Crippen molar-refractivity contribution in [3.8, 4) is 0 Å². The molecular weight excluding hydrogens is 276 g/mol. The number of carboxylic acid groups (broad SMARTS) is 2. The summed E-state index contributed by atoms with van der Waals surface area (Å²) in [6.45, 7) is 4.08. The number of carbonyl (C=O) groups excluding carboxylic acids is 1. The van der Waals surface area contributed by atoms with Crippen LogP contribution in [0.3, 0.4) is 0 Å². The summed E-state index contributed by atoms with van der Waals surface area (Å²) < 4.78 is 0. The zero-order valence-electron chi connectivity index (χ0n) is 12.7. The number of carboxylic acids is 2. The number of carbonyl (C=O) groups is 3. The smallest absolute Gasteiger partial charge is 0.326 e. The highest BCUT2D eigenvalue weighted by atomic mass is 16.4. The van der Waals surface area contributed by atoms with E-state index in [-0.39, 0.29) is 18.9 Å². The third-order valence-electron chi connectivity index (χ3n) is 3.13. The van der Waals surface area contributed by atoms with Crippen molar-refractivity contribution in [1.82, 2.24) is 10.6 Å². The highest BCUT2D eigenvalue weighted by molar-refractivity contribution is 5.83. The lowest BCUT2D eigenvalue weighted by Gasteiger charge is -2.20. The van der Waals surface area contributed by atoms with E-state index in [0.29, 0.717) is 0 Å². The summed E-state index contributed by atoms with van der Waals surface area (Å²) in [4.78, 5) is 33.3. The van der Waals surface area contributed by atoms with Crippen molar-refractivity contribution in [2.45, 2.75) is 70.9 Å². The molecule has 0 fully saturated rings. The molecule has 7 heteroatoms. The molecule has 0 radical (unpaired) electrons. The first kappa shape index (κ1) is 19.2. The molecule has 0 aromatic rings. The van der Waals surface area contributed by atoms with Crippen molar-refractivity contribution in [1.29, 1.82) is 0 Å². The van der Waals surface area contributed by atoms with Crippen LogP contribution in [-0.4, -0.2) is 40.3 Å². The Morgan fingerprint density at radius 1 is 0.952 bits per heavy atom. The molecule has 0 heterocycles. The van der Waals surface area contributed by atoms with Crippen molar-refractivity contribution in [2.24, 2.45) is 0 Å². The zero-order valence-corrected chi connectivity index (χ0v) is 12.7. The van der Waals surface area contributed by atoms with Gasteiger partial charge in [-0.1, -0.05) is 33.1 Å². The fourth-order valence-corrected chi connectivity index (χ4v) is 2.00. The van der Waals surface area contributed by atoms with Crippen LogP contribution in [0.2, 0.25) is 0 Å². The third kappa shape index (κ3) is 9.70. The quantitative estimate of drug-likeness (QED) is 0.465. The highest BCUT2D eigenvalue weighted by Gasteiger charge is 2.22. The lowest BCUT2D eigenvalue weighted by molar-refractivity contribution is -0.140. The van der Waals surface area contributed by atoms with E-state index < -0.39 is 24.0 Å². The third-order valence-corrected chi connectivity index (χ3v) is 3.13. The second-order valence-electron chi connectivity index (χ2n) is 5.07. The minimum absolute atomic E-state index is 0.0175. The average molecular weight is 302 g/mol. The fourth-order valence-electron chi connectivity index (χ4n) is 2.00. The van der Waals surface area contributed by atoms with Gasteiger partial charge in [-0.15, -0.1) is 0 Å². The predicted molar refractivity (Wildman–Crippen MR) is 78.2 cm³/mol. The van der Waals surface area contributed by atoms with Gasteiger partial charge < -0.3 is 20.8 Å². The van der Waals surface area contributed by atoms with E-state index in [9.17, 15) is 14.4 Å². The van der Waals surface area contributed by atoms with Gasteiger partial charge in [-0.25, -0.2) is 9.59 Å². The summed E-state index contributed by atoms with van der Waals surface area (Å²) in [6.07, 6.45) is 4.20. The van der Waals surface area contributed by atoms with Crippen LogP contribution in [0.4, 0.5) is 4.79 Å². The van der Waals surface area contributed by atoms with Gasteiger partial charge in [0.05, 0.1) is 0 Å². The maximum absolute atomic E-state index is 11.8. The van der Waals surface area contributed by atoms with Crippen LogP contribution in [0.1, 0.15) is 58.8 Å². The molecular formula is C14H26N2O5. The molecule has 1 unspecified atom stereocenters. The summed E-state index contributed by atoms with van der Waals surface area (Å²) in [5.74, 6) is -2.32. The number of amides is 2. The first-order chi connectivity index (χ1) is 9.90. The monoisotopic (exact) mass is 302 g/mol. The molecule has 2 amide bonds. The Hall–Kier alpha value is -1.79.